The maximum absolute atomic E-state index is 11.4. The van der Waals surface area contributed by atoms with Crippen molar-refractivity contribution in [3.8, 4) is 0 Å². The number of carbonyl (C=O) groups is 1. The molecule has 18 heavy (non-hydrogen) atoms. The first-order chi connectivity index (χ1) is 8.72. The fourth-order valence-corrected chi connectivity index (χ4v) is 2.77. The number of hydrogen-bond acceptors (Lipinski definition) is 3. The molecule has 2 heterocycles. The second kappa shape index (κ2) is 4.88. The van der Waals surface area contributed by atoms with Crippen molar-refractivity contribution >= 4 is 17.5 Å². The number of rotatable bonds is 1. The summed E-state index contributed by atoms with van der Waals surface area (Å²) >= 11 is 5.90. The zero-order chi connectivity index (χ0) is 12.5. The third-order valence-corrected chi connectivity index (χ3v) is 3.94. The lowest BCUT2D eigenvalue weighted by Gasteiger charge is -2.42. The second-order valence-electron chi connectivity index (χ2n) is 4.90. The van der Waals surface area contributed by atoms with Crippen LogP contribution in [-0.4, -0.2) is 43.0 Å². The number of hydrogen-bond donors (Lipinski definition) is 2. The number of amides is 1. The lowest BCUT2D eigenvalue weighted by molar-refractivity contribution is -0.126. The molecule has 0 spiro atoms. The summed E-state index contributed by atoms with van der Waals surface area (Å²) in [5.41, 5.74) is 1.23. The number of piperazine rings is 2. The molecule has 2 unspecified atom stereocenters. The van der Waals surface area contributed by atoms with Crippen LogP contribution >= 0.6 is 11.6 Å². The Labute approximate surface area is 111 Å². The zero-order valence-corrected chi connectivity index (χ0v) is 10.8. The number of benzene rings is 1. The van der Waals surface area contributed by atoms with Gasteiger partial charge in [-0.15, -0.1) is 0 Å². The standard InChI is InChI=1S/C13H16ClN3O/c14-10-3-1-9(2-4-10)12-7-17-8-13(18)16-6-11(17)5-15-12/h1-4,11-12,15H,5-8H2,(H,16,18). The topological polar surface area (TPSA) is 44.4 Å². The lowest BCUT2D eigenvalue weighted by atomic mass is 10.0. The summed E-state index contributed by atoms with van der Waals surface area (Å²) in [6, 6.07) is 8.62. The molecule has 0 saturated carbocycles. The van der Waals surface area contributed by atoms with Crippen LogP contribution in [0.25, 0.3) is 0 Å². The molecular weight excluding hydrogens is 250 g/mol. The van der Waals surface area contributed by atoms with Gasteiger partial charge in [0.2, 0.25) is 5.91 Å². The number of halogens is 1. The van der Waals surface area contributed by atoms with Gasteiger partial charge in [-0.25, -0.2) is 0 Å². The van der Waals surface area contributed by atoms with Gasteiger partial charge < -0.3 is 10.6 Å². The second-order valence-corrected chi connectivity index (χ2v) is 5.34. The lowest BCUT2D eigenvalue weighted by Crippen LogP contribution is -2.62. The predicted molar refractivity (Wildman–Crippen MR) is 70.6 cm³/mol. The fraction of sp³-hybridized carbons (Fsp3) is 0.462. The Balaban J connectivity index is 1.72. The Hall–Kier alpha value is -1.10. The minimum absolute atomic E-state index is 0.128. The van der Waals surface area contributed by atoms with E-state index in [4.69, 9.17) is 11.6 Å². The van der Waals surface area contributed by atoms with Crippen molar-refractivity contribution in [3.05, 3.63) is 34.9 Å². The van der Waals surface area contributed by atoms with Gasteiger partial charge in [-0.2, -0.15) is 0 Å². The molecule has 2 aliphatic heterocycles. The summed E-state index contributed by atoms with van der Waals surface area (Å²) < 4.78 is 0. The first kappa shape index (κ1) is 12.0. The van der Waals surface area contributed by atoms with Crippen LogP contribution in [0.3, 0.4) is 0 Å². The van der Waals surface area contributed by atoms with Crippen molar-refractivity contribution in [2.45, 2.75) is 12.1 Å². The minimum atomic E-state index is 0.128. The van der Waals surface area contributed by atoms with Gasteiger partial charge in [-0.3, -0.25) is 9.69 Å². The average Bonchev–Trinajstić information content (AvgIpc) is 2.38. The van der Waals surface area contributed by atoms with Gasteiger partial charge in [0, 0.05) is 36.7 Å². The van der Waals surface area contributed by atoms with Crippen molar-refractivity contribution in [2.24, 2.45) is 0 Å². The van der Waals surface area contributed by atoms with Crippen molar-refractivity contribution in [1.82, 2.24) is 15.5 Å². The Kier molecular flexibility index (Phi) is 3.24. The number of nitrogens with one attached hydrogen (secondary N) is 2. The Morgan fingerprint density at radius 2 is 2.00 bits per heavy atom. The third kappa shape index (κ3) is 2.36. The van der Waals surface area contributed by atoms with E-state index in [1.807, 2.05) is 24.3 Å². The van der Waals surface area contributed by atoms with Crippen LogP contribution in [0.2, 0.25) is 5.02 Å². The molecule has 4 nitrogen and oxygen atoms in total. The van der Waals surface area contributed by atoms with Crippen molar-refractivity contribution in [2.75, 3.05) is 26.2 Å². The normalized spacial score (nSPS) is 28.6. The van der Waals surface area contributed by atoms with E-state index in [0.717, 1.165) is 24.7 Å². The molecule has 96 valence electrons. The Bertz CT molecular complexity index is 448. The van der Waals surface area contributed by atoms with Gasteiger partial charge in [-0.1, -0.05) is 23.7 Å². The smallest absolute Gasteiger partial charge is 0.234 e. The van der Waals surface area contributed by atoms with E-state index in [1.165, 1.54) is 5.56 Å². The molecule has 1 aromatic carbocycles. The highest BCUT2D eigenvalue weighted by molar-refractivity contribution is 6.30. The van der Waals surface area contributed by atoms with Crippen LogP contribution in [-0.2, 0) is 4.79 Å². The van der Waals surface area contributed by atoms with Crippen LogP contribution in [0.5, 0.6) is 0 Å². The summed E-state index contributed by atoms with van der Waals surface area (Å²) in [6.45, 7) is 3.04. The third-order valence-electron chi connectivity index (χ3n) is 3.69. The van der Waals surface area contributed by atoms with Gasteiger partial charge in [0.05, 0.1) is 6.54 Å². The van der Waals surface area contributed by atoms with E-state index in [1.54, 1.807) is 0 Å². The number of carbonyl (C=O) groups excluding carboxylic acids is 1. The Morgan fingerprint density at radius 3 is 2.78 bits per heavy atom. The fourth-order valence-electron chi connectivity index (χ4n) is 2.64. The first-order valence-electron chi connectivity index (χ1n) is 6.22. The molecule has 0 bridgehead atoms. The zero-order valence-electron chi connectivity index (χ0n) is 10.0. The van der Waals surface area contributed by atoms with E-state index >= 15 is 0 Å². The highest BCUT2D eigenvalue weighted by Gasteiger charge is 2.32. The quantitative estimate of drug-likeness (QED) is 0.789. The summed E-state index contributed by atoms with van der Waals surface area (Å²) in [6.07, 6.45) is 0. The van der Waals surface area contributed by atoms with Gasteiger partial charge >= 0.3 is 0 Å². The maximum Gasteiger partial charge on any atom is 0.234 e. The van der Waals surface area contributed by atoms with Crippen LogP contribution in [0.4, 0.5) is 0 Å². The van der Waals surface area contributed by atoms with Gasteiger partial charge in [0.25, 0.3) is 0 Å². The molecule has 2 atom stereocenters. The van der Waals surface area contributed by atoms with Crippen molar-refractivity contribution in [3.63, 3.8) is 0 Å². The molecule has 1 aromatic rings. The molecule has 0 aliphatic carbocycles. The van der Waals surface area contributed by atoms with Crippen LogP contribution in [0, 0.1) is 0 Å². The first-order valence-corrected chi connectivity index (χ1v) is 6.60. The van der Waals surface area contributed by atoms with Crippen LogP contribution < -0.4 is 10.6 Å². The minimum Gasteiger partial charge on any atom is -0.353 e. The summed E-state index contributed by atoms with van der Waals surface area (Å²) in [5.74, 6) is 0.128. The molecular formula is C13H16ClN3O. The molecule has 2 saturated heterocycles. The summed E-state index contributed by atoms with van der Waals surface area (Å²) in [7, 11) is 0. The van der Waals surface area contributed by atoms with Gasteiger partial charge in [0.15, 0.2) is 0 Å². The molecule has 1 amide bonds. The highest BCUT2D eigenvalue weighted by atomic mass is 35.5. The van der Waals surface area contributed by atoms with Crippen molar-refractivity contribution < 1.29 is 4.79 Å². The summed E-state index contributed by atoms with van der Waals surface area (Å²) in [4.78, 5) is 13.7. The maximum atomic E-state index is 11.4. The van der Waals surface area contributed by atoms with E-state index < -0.39 is 0 Å². The molecule has 2 aliphatic rings. The van der Waals surface area contributed by atoms with E-state index in [2.05, 4.69) is 15.5 Å². The molecule has 5 heteroatoms. The van der Waals surface area contributed by atoms with E-state index in [-0.39, 0.29) is 11.9 Å². The van der Waals surface area contributed by atoms with Gasteiger partial charge in [-0.05, 0) is 17.7 Å². The number of nitrogens with zero attached hydrogens (tertiary/aromatic N) is 1. The highest BCUT2D eigenvalue weighted by Crippen LogP contribution is 2.22. The average molecular weight is 266 g/mol. The molecule has 3 rings (SSSR count). The summed E-state index contributed by atoms with van der Waals surface area (Å²) in [5, 5.41) is 7.19. The predicted octanol–water partition coefficient (Wildman–Crippen LogP) is 0.785. The van der Waals surface area contributed by atoms with E-state index in [9.17, 15) is 4.79 Å². The van der Waals surface area contributed by atoms with Crippen molar-refractivity contribution in [1.29, 1.82) is 0 Å². The monoisotopic (exact) mass is 265 g/mol. The molecule has 2 fully saturated rings. The largest absolute Gasteiger partial charge is 0.353 e. The van der Waals surface area contributed by atoms with Gasteiger partial charge in [0.1, 0.15) is 0 Å². The SMILES string of the molecule is O=C1CN2CC(c3ccc(Cl)cc3)NCC2CN1. The number of fused-ring (bicyclic) bond motifs is 1. The van der Waals surface area contributed by atoms with Crippen LogP contribution in [0.1, 0.15) is 11.6 Å². The van der Waals surface area contributed by atoms with E-state index in [0.29, 0.717) is 12.6 Å². The Morgan fingerprint density at radius 1 is 1.22 bits per heavy atom. The molecule has 0 aromatic heterocycles. The molecule has 0 radical (unpaired) electrons. The molecule has 2 N–H and O–H groups in total. The van der Waals surface area contributed by atoms with Crippen LogP contribution in [0.15, 0.2) is 24.3 Å².